The van der Waals surface area contributed by atoms with Gasteiger partial charge in [-0.3, -0.25) is 4.79 Å². The molecular formula is C12H17FN2OS. The van der Waals surface area contributed by atoms with Gasteiger partial charge < -0.3 is 11.1 Å². The van der Waals surface area contributed by atoms with Crippen LogP contribution in [0.25, 0.3) is 0 Å². The summed E-state index contributed by atoms with van der Waals surface area (Å²) in [5.41, 5.74) is 6.80. The second kappa shape index (κ2) is 6.61. The smallest absolute Gasteiger partial charge is 0.241 e. The van der Waals surface area contributed by atoms with Gasteiger partial charge in [-0.05, 0) is 49.1 Å². The first-order valence-electron chi connectivity index (χ1n) is 5.36. The maximum Gasteiger partial charge on any atom is 0.241 e. The lowest BCUT2D eigenvalue weighted by atomic mass is 10.2. The fourth-order valence-electron chi connectivity index (χ4n) is 1.33. The minimum atomic E-state index is -0.521. The average Bonchev–Trinajstić information content (AvgIpc) is 2.30. The molecule has 3 nitrogen and oxygen atoms in total. The van der Waals surface area contributed by atoms with Crippen molar-refractivity contribution in [2.75, 3.05) is 17.3 Å². The predicted octanol–water partition coefficient (Wildman–Crippen LogP) is 2.15. The molecule has 0 saturated heterocycles. The molecule has 0 aliphatic rings. The van der Waals surface area contributed by atoms with Crippen molar-refractivity contribution in [3.05, 3.63) is 29.6 Å². The molecule has 0 fully saturated rings. The van der Waals surface area contributed by atoms with Gasteiger partial charge >= 0.3 is 0 Å². The minimum absolute atomic E-state index is 0.231. The maximum atomic E-state index is 13.0. The molecule has 1 amide bonds. The van der Waals surface area contributed by atoms with Gasteiger partial charge in [-0.2, -0.15) is 11.8 Å². The molecule has 0 heterocycles. The molecule has 17 heavy (non-hydrogen) atoms. The number of benzene rings is 1. The Morgan fingerprint density at radius 2 is 2.29 bits per heavy atom. The Hall–Kier alpha value is -1.07. The largest absolute Gasteiger partial charge is 0.325 e. The Labute approximate surface area is 105 Å². The van der Waals surface area contributed by atoms with Crippen LogP contribution in [0, 0.1) is 12.7 Å². The fraction of sp³-hybridized carbons (Fsp3) is 0.417. The topological polar surface area (TPSA) is 55.1 Å². The van der Waals surface area contributed by atoms with E-state index in [1.807, 2.05) is 6.26 Å². The number of halogens is 1. The van der Waals surface area contributed by atoms with Crippen LogP contribution < -0.4 is 11.1 Å². The van der Waals surface area contributed by atoms with E-state index in [9.17, 15) is 9.18 Å². The molecule has 0 saturated carbocycles. The lowest BCUT2D eigenvalue weighted by molar-refractivity contribution is -0.117. The molecule has 0 bridgehead atoms. The van der Waals surface area contributed by atoms with Gasteiger partial charge in [0.25, 0.3) is 0 Å². The van der Waals surface area contributed by atoms with Crippen molar-refractivity contribution in [2.24, 2.45) is 5.73 Å². The van der Waals surface area contributed by atoms with Gasteiger partial charge in [0.15, 0.2) is 0 Å². The van der Waals surface area contributed by atoms with Crippen LogP contribution in [0.1, 0.15) is 12.0 Å². The Kier molecular flexibility index (Phi) is 5.44. The van der Waals surface area contributed by atoms with Crippen LogP contribution in [-0.4, -0.2) is 24.0 Å². The van der Waals surface area contributed by atoms with Crippen molar-refractivity contribution in [3.63, 3.8) is 0 Å². The van der Waals surface area contributed by atoms with E-state index in [0.29, 0.717) is 17.7 Å². The van der Waals surface area contributed by atoms with E-state index in [1.54, 1.807) is 24.8 Å². The van der Waals surface area contributed by atoms with E-state index in [4.69, 9.17) is 5.73 Å². The second-order valence-corrected chi connectivity index (χ2v) is 4.83. The quantitative estimate of drug-likeness (QED) is 0.848. The molecule has 3 N–H and O–H groups in total. The standard InChI is InChI=1S/C12H17FN2OS/c1-8-7-9(3-4-10(8)13)15-12(16)11(14)5-6-17-2/h3-4,7,11H,5-6,14H2,1-2H3,(H,15,16)/t11-/m1/s1. The highest BCUT2D eigenvalue weighted by Crippen LogP contribution is 2.14. The summed E-state index contributed by atoms with van der Waals surface area (Å²) in [7, 11) is 0. The van der Waals surface area contributed by atoms with Gasteiger partial charge in [0, 0.05) is 5.69 Å². The number of anilines is 1. The van der Waals surface area contributed by atoms with Crippen molar-refractivity contribution in [1.82, 2.24) is 0 Å². The van der Waals surface area contributed by atoms with Crippen LogP contribution in [0.4, 0.5) is 10.1 Å². The Bertz CT molecular complexity index is 398. The molecule has 0 aromatic heterocycles. The SMILES string of the molecule is CSCC[C@@H](N)C(=O)Nc1ccc(F)c(C)c1. The fourth-order valence-corrected chi connectivity index (χ4v) is 1.82. The molecule has 0 radical (unpaired) electrons. The molecule has 1 aromatic rings. The van der Waals surface area contributed by atoms with Crippen LogP contribution in [-0.2, 0) is 4.79 Å². The summed E-state index contributed by atoms with van der Waals surface area (Å²) in [5.74, 6) is 0.330. The Morgan fingerprint density at radius 3 is 2.88 bits per heavy atom. The van der Waals surface area contributed by atoms with Crippen LogP contribution in [0.2, 0.25) is 0 Å². The third-order valence-corrected chi connectivity index (χ3v) is 3.04. The van der Waals surface area contributed by atoms with E-state index >= 15 is 0 Å². The summed E-state index contributed by atoms with van der Waals surface area (Å²) >= 11 is 1.65. The van der Waals surface area contributed by atoms with Crippen molar-refractivity contribution < 1.29 is 9.18 Å². The zero-order valence-corrected chi connectivity index (χ0v) is 10.8. The third kappa shape index (κ3) is 4.36. The summed E-state index contributed by atoms with van der Waals surface area (Å²) in [6, 6.07) is 3.93. The van der Waals surface area contributed by atoms with Gasteiger partial charge in [0.1, 0.15) is 5.82 Å². The molecule has 1 rings (SSSR count). The first kappa shape index (κ1) is 14.0. The van der Waals surface area contributed by atoms with Crippen molar-refractivity contribution in [3.8, 4) is 0 Å². The maximum absolute atomic E-state index is 13.0. The number of carbonyl (C=O) groups excluding carboxylic acids is 1. The van der Waals surface area contributed by atoms with Gasteiger partial charge in [-0.15, -0.1) is 0 Å². The van der Waals surface area contributed by atoms with E-state index in [0.717, 1.165) is 5.75 Å². The molecule has 0 aliphatic heterocycles. The third-order valence-electron chi connectivity index (χ3n) is 2.40. The second-order valence-electron chi connectivity index (χ2n) is 3.84. The molecular weight excluding hydrogens is 239 g/mol. The van der Waals surface area contributed by atoms with E-state index in [2.05, 4.69) is 5.32 Å². The van der Waals surface area contributed by atoms with E-state index in [-0.39, 0.29) is 11.7 Å². The summed E-state index contributed by atoms with van der Waals surface area (Å²) in [6.07, 6.45) is 2.60. The lowest BCUT2D eigenvalue weighted by Gasteiger charge is -2.12. The number of rotatable bonds is 5. The first-order chi connectivity index (χ1) is 8.04. The van der Waals surface area contributed by atoms with Crippen LogP contribution in [0.3, 0.4) is 0 Å². The number of thioether (sulfide) groups is 1. The highest BCUT2D eigenvalue weighted by atomic mass is 32.2. The minimum Gasteiger partial charge on any atom is -0.325 e. The van der Waals surface area contributed by atoms with Crippen molar-refractivity contribution in [1.29, 1.82) is 0 Å². The zero-order chi connectivity index (χ0) is 12.8. The van der Waals surface area contributed by atoms with Crippen molar-refractivity contribution >= 4 is 23.4 Å². The first-order valence-corrected chi connectivity index (χ1v) is 6.75. The van der Waals surface area contributed by atoms with Gasteiger partial charge in [0.05, 0.1) is 6.04 Å². The number of hydrogen-bond acceptors (Lipinski definition) is 3. The number of nitrogens with two attached hydrogens (primary N) is 1. The number of hydrogen-bond donors (Lipinski definition) is 2. The lowest BCUT2D eigenvalue weighted by Crippen LogP contribution is -2.36. The van der Waals surface area contributed by atoms with E-state index in [1.165, 1.54) is 12.1 Å². The number of aryl methyl sites for hydroxylation is 1. The van der Waals surface area contributed by atoms with Crippen LogP contribution >= 0.6 is 11.8 Å². The summed E-state index contributed by atoms with van der Waals surface area (Å²) in [6.45, 7) is 1.65. The average molecular weight is 256 g/mol. The van der Waals surface area contributed by atoms with Gasteiger partial charge in [-0.1, -0.05) is 0 Å². The Balaban J connectivity index is 2.58. The normalized spacial score (nSPS) is 12.2. The van der Waals surface area contributed by atoms with Crippen molar-refractivity contribution in [2.45, 2.75) is 19.4 Å². The van der Waals surface area contributed by atoms with Gasteiger partial charge in [0.2, 0.25) is 5.91 Å². The highest BCUT2D eigenvalue weighted by Gasteiger charge is 2.13. The molecule has 94 valence electrons. The zero-order valence-electron chi connectivity index (χ0n) is 10.00. The van der Waals surface area contributed by atoms with Gasteiger partial charge in [-0.25, -0.2) is 4.39 Å². The molecule has 0 unspecified atom stereocenters. The highest BCUT2D eigenvalue weighted by molar-refractivity contribution is 7.98. The van der Waals surface area contributed by atoms with E-state index < -0.39 is 6.04 Å². The summed E-state index contributed by atoms with van der Waals surface area (Å²) in [5, 5.41) is 2.68. The monoisotopic (exact) mass is 256 g/mol. The predicted molar refractivity (Wildman–Crippen MR) is 70.7 cm³/mol. The van der Waals surface area contributed by atoms with Crippen LogP contribution in [0.15, 0.2) is 18.2 Å². The summed E-state index contributed by atoms with van der Waals surface area (Å²) in [4.78, 5) is 11.7. The number of amides is 1. The molecule has 0 aliphatic carbocycles. The number of nitrogens with one attached hydrogen (secondary N) is 1. The molecule has 0 spiro atoms. The number of carbonyl (C=O) groups is 1. The van der Waals surface area contributed by atoms with Crippen LogP contribution in [0.5, 0.6) is 0 Å². The summed E-state index contributed by atoms with van der Waals surface area (Å²) < 4.78 is 13.0. The molecule has 1 aromatic carbocycles. The molecule has 5 heteroatoms. The molecule has 1 atom stereocenters. The Morgan fingerprint density at radius 1 is 1.59 bits per heavy atom.